The van der Waals surface area contributed by atoms with Crippen molar-refractivity contribution in [2.45, 2.75) is 18.2 Å². The Labute approximate surface area is 328 Å². The highest BCUT2D eigenvalue weighted by atomic mass is 15.2. The van der Waals surface area contributed by atoms with E-state index >= 15 is 0 Å². The van der Waals surface area contributed by atoms with E-state index in [1.165, 1.54) is 50.1 Å². The number of hydrogen-bond donors (Lipinski definition) is 3. The topological polar surface area (TPSA) is 48.5 Å². The molecule has 8 aromatic carbocycles. The number of hydrogen-bond acceptors (Lipinski definition) is 4. The molecule has 0 bridgehead atoms. The van der Waals surface area contributed by atoms with E-state index in [2.05, 4.69) is 222 Å². The smallest absolute Gasteiger partial charge is 0.133 e. The van der Waals surface area contributed by atoms with Gasteiger partial charge in [0.1, 0.15) is 18.0 Å². The van der Waals surface area contributed by atoms with E-state index in [9.17, 15) is 0 Å². The van der Waals surface area contributed by atoms with Crippen molar-refractivity contribution in [1.82, 2.24) is 5.32 Å². The molecule has 2 aliphatic heterocycles. The van der Waals surface area contributed by atoms with Gasteiger partial charge in [0.2, 0.25) is 0 Å². The summed E-state index contributed by atoms with van der Waals surface area (Å²) in [4.78, 5) is 5.27. The van der Waals surface area contributed by atoms with Crippen LogP contribution in [0.3, 0.4) is 0 Å². The third-order valence-electron chi connectivity index (χ3n) is 11.0. The molecule has 0 fully saturated rings. The molecule has 8 aromatic rings. The Kier molecular flexibility index (Phi) is 8.79. The molecule has 56 heavy (non-hydrogen) atoms. The van der Waals surface area contributed by atoms with Gasteiger partial charge in [-0.1, -0.05) is 176 Å². The number of rotatable bonds is 7. The Morgan fingerprint density at radius 3 is 1.61 bits per heavy atom. The second kappa shape index (κ2) is 14.7. The van der Waals surface area contributed by atoms with Crippen LogP contribution >= 0.6 is 0 Å². The highest BCUT2D eigenvalue weighted by Crippen LogP contribution is 2.39. The minimum absolute atomic E-state index is 0.0428. The molecular weight excluding hydrogens is 681 g/mol. The summed E-state index contributed by atoms with van der Waals surface area (Å²) in [7, 11) is 0. The monoisotopic (exact) mass is 720 g/mol. The molecule has 0 aromatic heterocycles. The molecule has 2 aliphatic rings. The Morgan fingerprint density at radius 2 is 0.875 bits per heavy atom. The Hall–Kier alpha value is -7.01. The van der Waals surface area contributed by atoms with E-state index in [1.54, 1.807) is 0 Å². The number of fused-ring (bicyclic) bond motifs is 2. The number of aliphatic imine (C=N–C) groups is 1. The molecule has 0 radical (unpaired) electrons. The number of anilines is 2. The standard InChI is InChI=1S/C52H40N4/c1-3-14-35(15-4-1)36-28-30-38(31-29-36)50-46-25-8-10-27-48(46)54-52(56-50)44-23-13-21-42(34-44)40-19-11-18-39(32-40)41-20-12-22-43(33-41)51-53-47-26-9-7-24-45(47)49(55-51)37-16-5-2-6-17-37/h1-34,49-50,52,54,56H,(H,53,55). The maximum atomic E-state index is 5.27. The van der Waals surface area contributed by atoms with Crippen LogP contribution in [0, 0.1) is 0 Å². The third-order valence-corrected chi connectivity index (χ3v) is 11.0. The van der Waals surface area contributed by atoms with Crippen LogP contribution < -0.4 is 16.0 Å². The minimum Gasteiger partial charge on any atom is -0.366 e. The number of nitrogens with zero attached hydrogens (tertiary/aromatic N) is 1. The summed E-state index contributed by atoms with van der Waals surface area (Å²) in [6.07, 6.45) is -0.0721. The summed E-state index contributed by atoms with van der Waals surface area (Å²) in [5.74, 6) is 0.878. The maximum Gasteiger partial charge on any atom is 0.133 e. The molecule has 0 aliphatic carbocycles. The molecule has 4 heteroatoms. The number of benzene rings is 8. The van der Waals surface area contributed by atoms with Crippen molar-refractivity contribution in [3.05, 3.63) is 240 Å². The molecule has 4 nitrogen and oxygen atoms in total. The van der Waals surface area contributed by atoms with E-state index in [-0.39, 0.29) is 18.2 Å². The fourth-order valence-electron chi connectivity index (χ4n) is 8.15. The van der Waals surface area contributed by atoms with Crippen molar-refractivity contribution in [1.29, 1.82) is 0 Å². The predicted molar refractivity (Wildman–Crippen MR) is 232 cm³/mol. The van der Waals surface area contributed by atoms with E-state index < -0.39 is 0 Å². The van der Waals surface area contributed by atoms with Crippen molar-refractivity contribution < 1.29 is 0 Å². The summed E-state index contributed by atoms with van der Waals surface area (Å²) >= 11 is 0. The summed E-state index contributed by atoms with van der Waals surface area (Å²) < 4.78 is 0. The van der Waals surface area contributed by atoms with E-state index in [1.807, 2.05) is 0 Å². The molecule has 2 heterocycles. The number of para-hydroxylation sites is 2. The van der Waals surface area contributed by atoms with E-state index in [4.69, 9.17) is 4.99 Å². The van der Waals surface area contributed by atoms with Crippen LogP contribution in [0.2, 0.25) is 0 Å². The van der Waals surface area contributed by atoms with Crippen LogP contribution in [0.4, 0.5) is 11.4 Å². The van der Waals surface area contributed by atoms with Crippen LogP contribution in [0.5, 0.6) is 0 Å². The number of amidine groups is 1. The fraction of sp³-hybridized carbons (Fsp3) is 0.0577. The Morgan fingerprint density at radius 1 is 0.357 bits per heavy atom. The summed E-state index contributed by atoms with van der Waals surface area (Å²) in [5, 5.41) is 11.4. The van der Waals surface area contributed by atoms with Gasteiger partial charge in [0.05, 0.1) is 6.04 Å². The predicted octanol–water partition coefficient (Wildman–Crippen LogP) is 12.5. The highest BCUT2D eigenvalue weighted by molar-refractivity contribution is 6.10. The van der Waals surface area contributed by atoms with Crippen molar-refractivity contribution in [3.63, 3.8) is 0 Å². The molecule has 3 unspecified atom stereocenters. The van der Waals surface area contributed by atoms with Gasteiger partial charge in [-0.2, -0.15) is 0 Å². The van der Waals surface area contributed by atoms with Gasteiger partial charge in [0.25, 0.3) is 0 Å². The molecule has 0 spiro atoms. The quantitative estimate of drug-likeness (QED) is 0.154. The first-order chi connectivity index (χ1) is 27.7. The van der Waals surface area contributed by atoms with Crippen molar-refractivity contribution in [3.8, 4) is 33.4 Å². The fourth-order valence-corrected chi connectivity index (χ4v) is 8.15. The lowest BCUT2D eigenvalue weighted by molar-refractivity contribution is 0.506. The molecule has 0 saturated carbocycles. The van der Waals surface area contributed by atoms with Crippen LogP contribution in [0.15, 0.2) is 211 Å². The third kappa shape index (κ3) is 6.57. The molecule has 10 rings (SSSR count). The van der Waals surface area contributed by atoms with Gasteiger partial charge in [0, 0.05) is 22.5 Å². The van der Waals surface area contributed by atoms with Gasteiger partial charge >= 0.3 is 0 Å². The molecule has 0 saturated heterocycles. The van der Waals surface area contributed by atoms with Gasteiger partial charge in [-0.3, -0.25) is 10.3 Å². The second-order valence-electron chi connectivity index (χ2n) is 14.5. The Bertz CT molecular complexity index is 2680. The zero-order chi connectivity index (χ0) is 37.3. The zero-order valence-corrected chi connectivity index (χ0v) is 30.8. The lowest BCUT2D eigenvalue weighted by Gasteiger charge is -2.35. The Balaban J connectivity index is 0.933. The lowest BCUT2D eigenvalue weighted by Crippen LogP contribution is -2.37. The summed E-state index contributed by atoms with van der Waals surface area (Å²) in [5.41, 5.74) is 16.4. The van der Waals surface area contributed by atoms with Crippen molar-refractivity contribution >= 4 is 17.2 Å². The van der Waals surface area contributed by atoms with Gasteiger partial charge in [-0.05, 0) is 86.0 Å². The average molecular weight is 721 g/mol. The van der Waals surface area contributed by atoms with Crippen LogP contribution in [0.25, 0.3) is 33.4 Å². The van der Waals surface area contributed by atoms with E-state index in [0.29, 0.717) is 0 Å². The SMILES string of the molecule is c1ccc(-c2ccc(C3NC(c4cccc(-c5cccc(-c6cccc(C7=NC(c8ccccc8)c8ccccc8N7)c6)c5)c4)Nc4ccccc43)cc2)cc1. The minimum atomic E-state index is -0.0721. The average Bonchev–Trinajstić information content (AvgIpc) is 3.29. The zero-order valence-electron chi connectivity index (χ0n) is 30.8. The van der Waals surface area contributed by atoms with Gasteiger partial charge in [-0.25, -0.2) is 0 Å². The highest BCUT2D eigenvalue weighted by Gasteiger charge is 2.28. The van der Waals surface area contributed by atoms with Gasteiger partial charge in [0.15, 0.2) is 0 Å². The second-order valence-corrected chi connectivity index (χ2v) is 14.5. The first-order valence-corrected chi connectivity index (χ1v) is 19.3. The largest absolute Gasteiger partial charge is 0.366 e. The van der Waals surface area contributed by atoms with Crippen LogP contribution in [-0.4, -0.2) is 5.84 Å². The first-order valence-electron chi connectivity index (χ1n) is 19.3. The normalized spacial score (nSPS) is 17.1. The van der Waals surface area contributed by atoms with Crippen molar-refractivity contribution in [2.24, 2.45) is 4.99 Å². The molecule has 0 amide bonds. The first kappa shape index (κ1) is 33.6. The molecule has 268 valence electrons. The van der Waals surface area contributed by atoms with Gasteiger partial charge in [-0.15, -0.1) is 0 Å². The molecular formula is C52H40N4. The number of nitrogens with one attached hydrogen (secondary N) is 3. The molecule has 3 atom stereocenters. The maximum absolute atomic E-state index is 5.27. The molecule has 3 N–H and O–H groups in total. The van der Waals surface area contributed by atoms with Crippen LogP contribution in [0.1, 0.15) is 51.6 Å². The van der Waals surface area contributed by atoms with Crippen molar-refractivity contribution in [2.75, 3.05) is 10.6 Å². The summed E-state index contributed by atoms with van der Waals surface area (Å²) in [6.45, 7) is 0. The lowest BCUT2D eigenvalue weighted by atomic mass is 9.91. The van der Waals surface area contributed by atoms with Crippen LogP contribution in [-0.2, 0) is 0 Å². The van der Waals surface area contributed by atoms with Gasteiger partial charge < -0.3 is 10.6 Å². The summed E-state index contributed by atoms with van der Waals surface area (Å²) in [6, 6.07) is 73.6. The van der Waals surface area contributed by atoms with E-state index in [0.717, 1.165) is 33.9 Å².